The van der Waals surface area contributed by atoms with Gasteiger partial charge in [-0.2, -0.15) is 0 Å². The number of halogens is 1. The predicted octanol–water partition coefficient (Wildman–Crippen LogP) is 2.35. The predicted molar refractivity (Wildman–Crippen MR) is 67.0 cm³/mol. The van der Waals surface area contributed by atoms with E-state index in [9.17, 15) is 5.11 Å². The third-order valence-corrected chi connectivity index (χ3v) is 3.06. The van der Waals surface area contributed by atoms with Gasteiger partial charge in [0, 0.05) is 17.4 Å². The van der Waals surface area contributed by atoms with Crippen LogP contribution in [0.1, 0.15) is 19.4 Å². The second-order valence-electron chi connectivity index (χ2n) is 4.05. The summed E-state index contributed by atoms with van der Waals surface area (Å²) < 4.78 is 1.06. The van der Waals surface area contributed by atoms with Gasteiger partial charge in [0.2, 0.25) is 0 Å². The van der Waals surface area contributed by atoms with Gasteiger partial charge in [-0.1, -0.05) is 41.1 Å². The van der Waals surface area contributed by atoms with Crippen LogP contribution in [-0.4, -0.2) is 23.8 Å². The summed E-state index contributed by atoms with van der Waals surface area (Å²) in [5.74, 6) is 0. The van der Waals surface area contributed by atoms with Gasteiger partial charge in [-0.25, -0.2) is 0 Å². The van der Waals surface area contributed by atoms with E-state index < -0.39 is 5.60 Å². The van der Waals surface area contributed by atoms with Crippen LogP contribution in [0.15, 0.2) is 28.7 Å². The van der Waals surface area contributed by atoms with Crippen LogP contribution in [0.4, 0.5) is 0 Å². The van der Waals surface area contributed by atoms with Crippen LogP contribution in [0, 0.1) is 0 Å². The highest BCUT2D eigenvalue weighted by Crippen LogP contribution is 2.21. The van der Waals surface area contributed by atoms with Crippen LogP contribution in [0.3, 0.4) is 0 Å². The van der Waals surface area contributed by atoms with Gasteiger partial charge in [-0.3, -0.25) is 0 Å². The second-order valence-corrected chi connectivity index (χ2v) is 4.90. The Morgan fingerprint density at radius 3 is 2.67 bits per heavy atom. The summed E-state index contributed by atoms with van der Waals surface area (Å²) in [4.78, 5) is 0. The molecule has 2 N–H and O–H groups in total. The standard InChI is InChI=1S/C12H18BrNO/c1-3-14-9-12(2,15)8-10-6-4-5-7-11(10)13/h4-7,14-15H,3,8-9H2,1-2H3. The minimum Gasteiger partial charge on any atom is -0.389 e. The molecule has 0 fully saturated rings. The van der Waals surface area contributed by atoms with Crippen molar-refractivity contribution >= 4 is 15.9 Å². The topological polar surface area (TPSA) is 32.3 Å². The van der Waals surface area contributed by atoms with Gasteiger partial charge in [-0.05, 0) is 25.1 Å². The van der Waals surface area contributed by atoms with Crippen molar-refractivity contribution in [3.63, 3.8) is 0 Å². The fourth-order valence-corrected chi connectivity index (χ4v) is 1.93. The maximum atomic E-state index is 10.1. The monoisotopic (exact) mass is 271 g/mol. The lowest BCUT2D eigenvalue weighted by Crippen LogP contribution is -2.39. The molecule has 0 spiro atoms. The summed E-state index contributed by atoms with van der Waals surface area (Å²) in [7, 11) is 0. The van der Waals surface area contributed by atoms with E-state index in [4.69, 9.17) is 0 Å². The first kappa shape index (κ1) is 12.7. The zero-order valence-corrected chi connectivity index (χ0v) is 10.8. The Balaban J connectivity index is 2.64. The van der Waals surface area contributed by atoms with Gasteiger partial charge < -0.3 is 10.4 Å². The van der Waals surface area contributed by atoms with E-state index >= 15 is 0 Å². The number of likely N-dealkylation sites (N-methyl/N-ethyl adjacent to an activating group) is 1. The zero-order chi connectivity index (χ0) is 11.3. The van der Waals surface area contributed by atoms with Crippen LogP contribution in [0.2, 0.25) is 0 Å². The molecule has 0 radical (unpaired) electrons. The van der Waals surface area contributed by atoms with Crippen molar-refractivity contribution in [2.45, 2.75) is 25.9 Å². The van der Waals surface area contributed by atoms with E-state index in [0.29, 0.717) is 13.0 Å². The Morgan fingerprint density at radius 2 is 2.07 bits per heavy atom. The quantitative estimate of drug-likeness (QED) is 0.862. The van der Waals surface area contributed by atoms with E-state index in [1.54, 1.807) is 0 Å². The molecule has 0 aromatic heterocycles. The maximum absolute atomic E-state index is 10.1. The summed E-state index contributed by atoms with van der Waals surface area (Å²) in [6.07, 6.45) is 0.654. The SMILES string of the molecule is CCNCC(C)(O)Cc1ccccc1Br. The molecule has 0 aliphatic carbocycles. The van der Waals surface area contributed by atoms with Gasteiger partial charge >= 0.3 is 0 Å². The van der Waals surface area contributed by atoms with Gasteiger partial charge in [0.25, 0.3) is 0 Å². The highest BCUT2D eigenvalue weighted by Gasteiger charge is 2.20. The minimum absolute atomic E-state index is 0.616. The molecule has 15 heavy (non-hydrogen) atoms. The number of aliphatic hydroxyl groups is 1. The summed E-state index contributed by atoms with van der Waals surface area (Å²) in [6, 6.07) is 8.00. The summed E-state index contributed by atoms with van der Waals surface area (Å²) in [5.41, 5.74) is 0.445. The maximum Gasteiger partial charge on any atom is 0.0784 e. The molecule has 0 saturated heterocycles. The van der Waals surface area contributed by atoms with Crippen molar-refractivity contribution in [2.75, 3.05) is 13.1 Å². The van der Waals surface area contributed by atoms with Crippen LogP contribution in [0.5, 0.6) is 0 Å². The Hall–Kier alpha value is -0.380. The average molecular weight is 272 g/mol. The molecule has 84 valence electrons. The van der Waals surface area contributed by atoms with Gasteiger partial charge in [0.1, 0.15) is 0 Å². The molecular formula is C12H18BrNO. The molecule has 0 saturated carbocycles. The normalized spacial score (nSPS) is 14.9. The van der Waals surface area contributed by atoms with Crippen LogP contribution >= 0.6 is 15.9 Å². The smallest absolute Gasteiger partial charge is 0.0784 e. The third-order valence-electron chi connectivity index (χ3n) is 2.28. The molecule has 1 aromatic rings. The molecule has 1 atom stereocenters. The minimum atomic E-state index is -0.695. The van der Waals surface area contributed by atoms with Crippen molar-refractivity contribution in [2.24, 2.45) is 0 Å². The fourth-order valence-electron chi connectivity index (χ4n) is 1.51. The highest BCUT2D eigenvalue weighted by atomic mass is 79.9. The first-order chi connectivity index (χ1) is 7.05. The Morgan fingerprint density at radius 1 is 1.40 bits per heavy atom. The van der Waals surface area contributed by atoms with E-state index in [1.807, 2.05) is 38.1 Å². The Bertz CT molecular complexity index is 312. The van der Waals surface area contributed by atoms with Crippen molar-refractivity contribution in [1.29, 1.82) is 0 Å². The first-order valence-electron chi connectivity index (χ1n) is 5.21. The van der Waals surface area contributed by atoms with Crippen molar-refractivity contribution in [3.8, 4) is 0 Å². The average Bonchev–Trinajstić information content (AvgIpc) is 2.18. The molecule has 0 bridgehead atoms. The number of benzene rings is 1. The molecule has 0 aliphatic rings. The first-order valence-corrected chi connectivity index (χ1v) is 6.01. The lowest BCUT2D eigenvalue weighted by molar-refractivity contribution is 0.0606. The lowest BCUT2D eigenvalue weighted by atomic mass is 9.96. The highest BCUT2D eigenvalue weighted by molar-refractivity contribution is 9.10. The molecular weight excluding hydrogens is 254 g/mol. The summed E-state index contributed by atoms with van der Waals surface area (Å²) >= 11 is 3.49. The van der Waals surface area contributed by atoms with Crippen LogP contribution in [-0.2, 0) is 6.42 Å². The molecule has 3 heteroatoms. The van der Waals surface area contributed by atoms with Gasteiger partial charge in [-0.15, -0.1) is 0 Å². The molecule has 2 nitrogen and oxygen atoms in total. The Kier molecular flexibility index (Phi) is 4.77. The Labute approximate surface area is 99.8 Å². The summed E-state index contributed by atoms with van der Waals surface area (Å²) in [6.45, 7) is 5.39. The van der Waals surface area contributed by atoms with Gasteiger partial charge in [0.15, 0.2) is 0 Å². The number of rotatable bonds is 5. The second kappa shape index (κ2) is 5.64. The zero-order valence-electron chi connectivity index (χ0n) is 9.26. The molecule has 0 amide bonds. The van der Waals surface area contributed by atoms with E-state index in [0.717, 1.165) is 16.6 Å². The van der Waals surface area contributed by atoms with Crippen LogP contribution in [0.25, 0.3) is 0 Å². The van der Waals surface area contributed by atoms with E-state index in [2.05, 4.69) is 21.2 Å². The summed E-state index contributed by atoms with van der Waals surface area (Å²) in [5, 5.41) is 13.3. The molecule has 0 heterocycles. The van der Waals surface area contributed by atoms with Gasteiger partial charge in [0.05, 0.1) is 5.60 Å². The largest absolute Gasteiger partial charge is 0.389 e. The number of nitrogens with one attached hydrogen (secondary N) is 1. The van der Waals surface area contributed by atoms with Crippen molar-refractivity contribution in [3.05, 3.63) is 34.3 Å². The molecule has 1 aromatic carbocycles. The number of hydrogen-bond acceptors (Lipinski definition) is 2. The van der Waals surface area contributed by atoms with E-state index in [-0.39, 0.29) is 0 Å². The molecule has 1 rings (SSSR count). The molecule has 0 aliphatic heterocycles. The fraction of sp³-hybridized carbons (Fsp3) is 0.500. The van der Waals surface area contributed by atoms with E-state index in [1.165, 1.54) is 0 Å². The lowest BCUT2D eigenvalue weighted by Gasteiger charge is -2.24. The van der Waals surface area contributed by atoms with Crippen molar-refractivity contribution in [1.82, 2.24) is 5.32 Å². The third kappa shape index (κ3) is 4.33. The van der Waals surface area contributed by atoms with Crippen molar-refractivity contribution < 1.29 is 5.11 Å². The number of hydrogen-bond donors (Lipinski definition) is 2. The van der Waals surface area contributed by atoms with Crippen LogP contribution < -0.4 is 5.32 Å². The molecule has 1 unspecified atom stereocenters.